The molecule has 0 radical (unpaired) electrons. The predicted molar refractivity (Wildman–Crippen MR) is 98.7 cm³/mol. The van der Waals surface area contributed by atoms with Crippen molar-refractivity contribution in [3.05, 3.63) is 18.1 Å². The van der Waals surface area contributed by atoms with Gasteiger partial charge in [-0.15, -0.1) is 0 Å². The molecule has 3 rings (SSSR count). The lowest BCUT2D eigenvalue weighted by Gasteiger charge is -2.38. The largest absolute Gasteiger partial charge is 0.356 e. The number of carbonyl (C=O) groups is 1. The van der Waals surface area contributed by atoms with Crippen molar-refractivity contribution in [3.8, 4) is 0 Å². The van der Waals surface area contributed by atoms with Gasteiger partial charge in [0, 0.05) is 77.1 Å². The molecule has 1 aromatic rings. The van der Waals surface area contributed by atoms with Gasteiger partial charge in [0.1, 0.15) is 12.1 Å². The molecule has 0 aliphatic carbocycles. The summed E-state index contributed by atoms with van der Waals surface area (Å²) in [6, 6.07) is 2.60. The van der Waals surface area contributed by atoms with Crippen molar-refractivity contribution < 1.29 is 4.79 Å². The average Bonchev–Trinajstić information content (AvgIpc) is 2.84. The maximum atomic E-state index is 11.4. The summed E-state index contributed by atoms with van der Waals surface area (Å²) in [5.41, 5.74) is 1.01. The number of anilines is 1. The van der Waals surface area contributed by atoms with E-state index in [1.807, 2.05) is 6.92 Å². The molecule has 3 heterocycles. The van der Waals surface area contributed by atoms with Crippen LogP contribution in [0.3, 0.4) is 0 Å². The van der Waals surface area contributed by atoms with Crippen molar-refractivity contribution in [2.75, 3.05) is 57.8 Å². The van der Waals surface area contributed by atoms with E-state index >= 15 is 0 Å². The third-order valence-electron chi connectivity index (χ3n) is 5.39. The second-order valence-electron chi connectivity index (χ2n) is 7.14. The summed E-state index contributed by atoms with van der Waals surface area (Å²) in [5, 5.41) is 2.94. The lowest BCUT2D eigenvalue weighted by molar-refractivity contribution is -0.120. The van der Waals surface area contributed by atoms with Crippen LogP contribution in [0.15, 0.2) is 12.4 Å². The zero-order chi connectivity index (χ0) is 17.6. The third kappa shape index (κ3) is 5.12. The molecular formula is C18H30N6O. The Bertz CT molecular complexity index is 572. The molecule has 25 heavy (non-hydrogen) atoms. The maximum absolute atomic E-state index is 11.4. The summed E-state index contributed by atoms with van der Waals surface area (Å²) < 4.78 is 0. The van der Waals surface area contributed by atoms with Crippen molar-refractivity contribution in [1.29, 1.82) is 0 Å². The van der Waals surface area contributed by atoms with E-state index in [-0.39, 0.29) is 5.91 Å². The van der Waals surface area contributed by atoms with Crippen LogP contribution in [0.25, 0.3) is 0 Å². The molecule has 7 nitrogen and oxygen atoms in total. The second-order valence-corrected chi connectivity index (χ2v) is 7.14. The van der Waals surface area contributed by atoms with Gasteiger partial charge in [-0.1, -0.05) is 0 Å². The van der Waals surface area contributed by atoms with Crippen LogP contribution in [0.5, 0.6) is 0 Å². The van der Waals surface area contributed by atoms with E-state index in [4.69, 9.17) is 0 Å². The Morgan fingerprint density at radius 3 is 2.60 bits per heavy atom. The highest BCUT2D eigenvalue weighted by Crippen LogP contribution is 2.20. The van der Waals surface area contributed by atoms with Crippen LogP contribution < -0.4 is 10.2 Å². The number of rotatable bonds is 5. The molecule has 2 saturated heterocycles. The van der Waals surface area contributed by atoms with Crippen molar-refractivity contribution in [3.63, 3.8) is 0 Å². The fraction of sp³-hybridized carbons (Fsp3) is 0.722. The van der Waals surface area contributed by atoms with Crippen molar-refractivity contribution in [2.24, 2.45) is 0 Å². The molecule has 2 aliphatic rings. The van der Waals surface area contributed by atoms with Gasteiger partial charge in [0.15, 0.2) is 0 Å². The van der Waals surface area contributed by atoms with E-state index in [2.05, 4.69) is 43.1 Å². The van der Waals surface area contributed by atoms with Crippen LogP contribution in [0.4, 0.5) is 5.82 Å². The quantitative estimate of drug-likeness (QED) is 0.838. The molecule has 0 aromatic carbocycles. The standard InChI is InChI=1S/C18H30N6O/c1-15-13-17(21-14-20-15)22(2)16-3-7-23(8-4-16)11-12-24-9-5-18(25)19-6-10-24/h13-14,16H,3-12H2,1-2H3,(H,19,25). The van der Waals surface area contributed by atoms with Crippen LogP contribution in [0, 0.1) is 6.92 Å². The smallest absolute Gasteiger partial charge is 0.221 e. The number of nitrogens with one attached hydrogen (secondary N) is 1. The number of nitrogens with zero attached hydrogens (tertiary/aromatic N) is 5. The molecule has 7 heteroatoms. The topological polar surface area (TPSA) is 64.6 Å². The summed E-state index contributed by atoms with van der Waals surface area (Å²) in [7, 11) is 2.14. The van der Waals surface area contributed by atoms with Gasteiger partial charge in [-0.25, -0.2) is 9.97 Å². The van der Waals surface area contributed by atoms with Crippen molar-refractivity contribution in [2.45, 2.75) is 32.2 Å². The Labute approximate surface area is 150 Å². The number of likely N-dealkylation sites (tertiary alicyclic amines) is 1. The molecule has 0 unspecified atom stereocenters. The fourth-order valence-corrected chi connectivity index (χ4v) is 3.67. The van der Waals surface area contributed by atoms with E-state index in [0.29, 0.717) is 12.5 Å². The molecule has 1 amide bonds. The van der Waals surface area contributed by atoms with Gasteiger partial charge >= 0.3 is 0 Å². The first-order valence-corrected chi connectivity index (χ1v) is 9.35. The van der Waals surface area contributed by atoms with Crippen LogP contribution in [0.2, 0.25) is 0 Å². The summed E-state index contributed by atoms with van der Waals surface area (Å²) in [6.07, 6.45) is 4.61. The predicted octanol–water partition coefficient (Wildman–Crippen LogP) is 0.508. The number of hydrogen-bond acceptors (Lipinski definition) is 6. The normalized spacial score (nSPS) is 21.0. The number of piperidine rings is 1. The Morgan fingerprint density at radius 2 is 1.88 bits per heavy atom. The molecule has 2 aliphatic heterocycles. The van der Waals surface area contributed by atoms with Crippen molar-refractivity contribution in [1.82, 2.24) is 25.1 Å². The molecule has 1 aromatic heterocycles. The summed E-state index contributed by atoms with van der Waals surface area (Å²) in [6.45, 7) is 9.06. The molecule has 0 bridgehead atoms. The average molecular weight is 346 g/mol. The van der Waals surface area contributed by atoms with Crippen LogP contribution in [0.1, 0.15) is 25.0 Å². The molecule has 0 atom stereocenters. The maximum Gasteiger partial charge on any atom is 0.221 e. The van der Waals surface area contributed by atoms with E-state index in [0.717, 1.165) is 57.3 Å². The second kappa shape index (κ2) is 8.58. The van der Waals surface area contributed by atoms with Gasteiger partial charge in [-0.3, -0.25) is 9.69 Å². The zero-order valence-electron chi connectivity index (χ0n) is 15.4. The van der Waals surface area contributed by atoms with Crippen LogP contribution in [-0.2, 0) is 4.79 Å². The highest BCUT2D eigenvalue weighted by Gasteiger charge is 2.24. The molecular weight excluding hydrogens is 316 g/mol. The number of amides is 1. The lowest BCUT2D eigenvalue weighted by atomic mass is 10.0. The highest BCUT2D eigenvalue weighted by atomic mass is 16.1. The number of carbonyl (C=O) groups excluding carboxylic acids is 1. The highest BCUT2D eigenvalue weighted by molar-refractivity contribution is 5.76. The first-order valence-electron chi connectivity index (χ1n) is 9.35. The molecule has 0 spiro atoms. The Morgan fingerprint density at radius 1 is 1.16 bits per heavy atom. The fourth-order valence-electron chi connectivity index (χ4n) is 3.67. The number of aryl methyl sites for hydroxylation is 1. The van der Waals surface area contributed by atoms with Gasteiger partial charge in [-0.05, 0) is 19.8 Å². The van der Waals surface area contributed by atoms with Crippen LogP contribution in [-0.4, -0.2) is 84.6 Å². The zero-order valence-corrected chi connectivity index (χ0v) is 15.4. The minimum absolute atomic E-state index is 0.186. The lowest BCUT2D eigenvalue weighted by Crippen LogP contribution is -2.46. The van der Waals surface area contributed by atoms with Gasteiger partial charge in [-0.2, -0.15) is 0 Å². The van der Waals surface area contributed by atoms with E-state index < -0.39 is 0 Å². The van der Waals surface area contributed by atoms with Crippen molar-refractivity contribution >= 4 is 11.7 Å². The first-order chi connectivity index (χ1) is 12.1. The summed E-state index contributed by atoms with van der Waals surface area (Å²) in [5.74, 6) is 1.21. The van der Waals surface area contributed by atoms with Crippen LogP contribution >= 0.6 is 0 Å². The first kappa shape index (κ1) is 18.1. The molecule has 2 fully saturated rings. The SMILES string of the molecule is Cc1cc(N(C)C2CCN(CCN3CCNC(=O)CC3)CC2)ncn1. The summed E-state index contributed by atoms with van der Waals surface area (Å²) >= 11 is 0. The summed E-state index contributed by atoms with van der Waals surface area (Å²) in [4.78, 5) is 27.3. The Hall–Kier alpha value is -1.73. The minimum Gasteiger partial charge on any atom is -0.356 e. The van der Waals surface area contributed by atoms with E-state index in [1.165, 1.54) is 12.8 Å². The monoisotopic (exact) mass is 346 g/mol. The van der Waals surface area contributed by atoms with Gasteiger partial charge in [0.25, 0.3) is 0 Å². The van der Waals surface area contributed by atoms with Gasteiger partial charge < -0.3 is 15.1 Å². The van der Waals surface area contributed by atoms with Gasteiger partial charge in [0.2, 0.25) is 5.91 Å². The minimum atomic E-state index is 0.186. The molecule has 0 saturated carbocycles. The number of hydrogen-bond donors (Lipinski definition) is 1. The molecule has 1 N–H and O–H groups in total. The van der Waals surface area contributed by atoms with Gasteiger partial charge in [0.05, 0.1) is 0 Å². The Kier molecular flexibility index (Phi) is 6.20. The Balaban J connectivity index is 1.42. The van der Waals surface area contributed by atoms with E-state index in [9.17, 15) is 4.79 Å². The van der Waals surface area contributed by atoms with E-state index in [1.54, 1.807) is 6.33 Å². The molecule has 138 valence electrons. The third-order valence-corrected chi connectivity index (χ3v) is 5.39. The number of aromatic nitrogens is 2.